The van der Waals surface area contributed by atoms with E-state index >= 15 is 0 Å². The van der Waals surface area contributed by atoms with Crippen molar-refractivity contribution in [2.24, 2.45) is 0 Å². The first kappa shape index (κ1) is 33.1. The Morgan fingerprint density at radius 1 is 0.386 bits per heavy atom. The first-order valence-electron chi connectivity index (χ1n) is 19.6. The van der Waals surface area contributed by atoms with Gasteiger partial charge in [-0.05, 0) is 55.6 Å². The molecule has 57 heavy (non-hydrogen) atoms. The van der Waals surface area contributed by atoms with Crippen molar-refractivity contribution in [2.45, 2.75) is 19.3 Å². The largest absolute Gasteiger partial charge is 0.247 e. The number of pyridine rings is 1. The van der Waals surface area contributed by atoms with Gasteiger partial charge in [-0.3, -0.25) is 0 Å². The molecular weight excluding hydrogens is 691 g/mol. The Hall–Kier alpha value is -7.23. The molecular formula is C54H37N3. The van der Waals surface area contributed by atoms with Gasteiger partial charge in [-0.25, -0.2) is 15.0 Å². The Bertz CT molecular complexity index is 3130. The second-order valence-electron chi connectivity index (χ2n) is 15.5. The highest BCUT2D eigenvalue weighted by atomic mass is 14.9. The summed E-state index contributed by atoms with van der Waals surface area (Å²) in [5.41, 5.74) is 15.5. The van der Waals surface area contributed by atoms with Gasteiger partial charge < -0.3 is 0 Å². The molecule has 1 aliphatic carbocycles. The molecule has 0 aliphatic heterocycles. The lowest BCUT2D eigenvalue weighted by Crippen LogP contribution is -2.16. The van der Waals surface area contributed by atoms with E-state index in [0.29, 0.717) is 5.82 Å². The number of rotatable bonds is 5. The molecule has 0 unspecified atom stereocenters. The third-order valence-corrected chi connectivity index (χ3v) is 11.9. The summed E-state index contributed by atoms with van der Waals surface area (Å²) in [5, 5.41) is 5.90. The van der Waals surface area contributed by atoms with Gasteiger partial charge in [-0.15, -0.1) is 0 Å². The molecule has 0 N–H and O–H groups in total. The van der Waals surface area contributed by atoms with E-state index in [4.69, 9.17) is 15.0 Å². The summed E-state index contributed by atoms with van der Waals surface area (Å²) in [6.07, 6.45) is 0. The molecule has 268 valence electrons. The Kier molecular flexibility index (Phi) is 7.52. The van der Waals surface area contributed by atoms with Crippen LogP contribution in [0.2, 0.25) is 0 Å². The number of nitrogens with zero attached hydrogens (tertiary/aromatic N) is 3. The van der Waals surface area contributed by atoms with Crippen LogP contribution in [0, 0.1) is 0 Å². The van der Waals surface area contributed by atoms with E-state index in [1.54, 1.807) is 0 Å². The quantitative estimate of drug-likeness (QED) is 0.166. The van der Waals surface area contributed by atoms with Gasteiger partial charge in [0, 0.05) is 38.4 Å². The van der Waals surface area contributed by atoms with E-state index < -0.39 is 0 Å². The summed E-state index contributed by atoms with van der Waals surface area (Å²) in [7, 11) is 0. The number of hydrogen-bond acceptors (Lipinski definition) is 3. The lowest BCUT2D eigenvalue weighted by Gasteiger charge is -2.25. The average molecular weight is 728 g/mol. The van der Waals surface area contributed by atoms with Crippen LogP contribution in [0.5, 0.6) is 0 Å². The second-order valence-corrected chi connectivity index (χ2v) is 15.5. The molecule has 0 bridgehead atoms. The predicted octanol–water partition coefficient (Wildman–Crippen LogP) is 14.0. The smallest absolute Gasteiger partial charge is 0.160 e. The zero-order chi connectivity index (χ0) is 38.1. The van der Waals surface area contributed by atoms with Crippen LogP contribution in [0.15, 0.2) is 188 Å². The molecule has 3 heteroatoms. The van der Waals surface area contributed by atoms with E-state index in [0.717, 1.165) is 44.7 Å². The zero-order valence-electron chi connectivity index (χ0n) is 31.7. The first-order chi connectivity index (χ1) is 28.0. The van der Waals surface area contributed by atoms with Crippen molar-refractivity contribution in [1.82, 2.24) is 15.0 Å². The number of hydrogen-bond donors (Lipinski definition) is 0. The highest BCUT2D eigenvalue weighted by molar-refractivity contribution is 6.13. The third-order valence-electron chi connectivity index (χ3n) is 11.9. The standard InChI is InChI=1S/C54H37N3/c1-54(2)46-24-14-13-23-44(46)52-50(54)49(45-30-29-34-15-9-10-20-40(34)51(45)57-52)37-27-25-35(26-28-37)39-31-32-43(42-22-12-11-21-41(39)42)48-33-47(36-16-5-3-6-17-36)55-53(56-48)38-18-7-4-8-19-38/h3-33H,1-2H3. The van der Waals surface area contributed by atoms with Gasteiger partial charge in [0.05, 0.1) is 22.6 Å². The Morgan fingerprint density at radius 2 is 0.982 bits per heavy atom. The monoisotopic (exact) mass is 727 g/mol. The van der Waals surface area contributed by atoms with E-state index in [1.807, 2.05) is 24.3 Å². The van der Waals surface area contributed by atoms with Gasteiger partial charge >= 0.3 is 0 Å². The second kappa shape index (κ2) is 12.9. The minimum atomic E-state index is -0.208. The molecule has 2 heterocycles. The summed E-state index contributed by atoms with van der Waals surface area (Å²) >= 11 is 0. The molecule has 3 nitrogen and oxygen atoms in total. The van der Waals surface area contributed by atoms with Crippen molar-refractivity contribution in [2.75, 3.05) is 0 Å². The molecule has 0 saturated heterocycles. The lowest BCUT2D eigenvalue weighted by molar-refractivity contribution is 0.662. The van der Waals surface area contributed by atoms with Gasteiger partial charge in [0.15, 0.2) is 5.82 Å². The summed E-state index contributed by atoms with van der Waals surface area (Å²) < 4.78 is 0. The fourth-order valence-corrected chi connectivity index (χ4v) is 9.12. The molecule has 0 amide bonds. The molecule has 0 radical (unpaired) electrons. The van der Waals surface area contributed by atoms with Gasteiger partial charge in [-0.2, -0.15) is 0 Å². The normalized spacial score (nSPS) is 12.9. The maximum absolute atomic E-state index is 5.48. The molecule has 0 spiro atoms. The molecule has 11 rings (SSSR count). The number of fused-ring (bicyclic) bond motifs is 7. The molecule has 2 aromatic heterocycles. The first-order valence-corrected chi connectivity index (χ1v) is 19.6. The van der Waals surface area contributed by atoms with Gasteiger partial charge in [0.1, 0.15) is 0 Å². The van der Waals surface area contributed by atoms with E-state index in [9.17, 15) is 0 Å². The third kappa shape index (κ3) is 5.31. The summed E-state index contributed by atoms with van der Waals surface area (Å²) in [4.78, 5) is 15.7. The van der Waals surface area contributed by atoms with Gasteiger partial charge in [0.25, 0.3) is 0 Å². The van der Waals surface area contributed by atoms with Crippen molar-refractivity contribution in [1.29, 1.82) is 0 Å². The fraction of sp³-hybridized carbons (Fsp3) is 0.0556. The molecule has 0 fully saturated rings. The van der Waals surface area contributed by atoms with Crippen LogP contribution in [0.1, 0.15) is 25.0 Å². The predicted molar refractivity (Wildman–Crippen MR) is 237 cm³/mol. The zero-order valence-corrected chi connectivity index (χ0v) is 31.7. The van der Waals surface area contributed by atoms with E-state index in [-0.39, 0.29) is 5.41 Å². The van der Waals surface area contributed by atoms with Crippen LogP contribution in [0.4, 0.5) is 0 Å². The van der Waals surface area contributed by atoms with Crippen molar-refractivity contribution in [3.63, 3.8) is 0 Å². The SMILES string of the molecule is CC1(C)c2ccccc2-c2nc3c(ccc4ccccc43)c(-c3ccc(-c4ccc(-c5cc(-c6ccccc6)nc(-c6ccccc6)n5)c5ccccc45)cc3)c21. The molecule has 10 aromatic rings. The highest BCUT2D eigenvalue weighted by Gasteiger charge is 2.39. The summed E-state index contributed by atoms with van der Waals surface area (Å²) in [6, 6.07) is 67.0. The number of benzene rings is 8. The van der Waals surface area contributed by atoms with Crippen LogP contribution in [-0.2, 0) is 5.41 Å². The van der Waals surface area contributed by atoms with Crippen LogP contribution >= 0.6 is 0 Å². The number of aromatic nitrogens is 3. The van der Waals surface area contributed by atoms with Crippen LogP contribution in [0.25, 0.3) is 99.9 Å². The highest BCUT2D eigenvalue weighted by Crippen LogP contribution is 2.53. The van der Waals surface area contributed by atoms with E-state index in [2.05, 4.69) is 178 Å². The maximum Gasteiger partial charge on any atom is 0.160 e. The van der Waals surface area contributed by atoms with Crippen molar-refractivity contribution in [3.8, 4) is 67.4 Å². The van der Waals surface area contributed by atoms with E-state index in [1.165, 1.54) is 60.5 Å². The average Bonchev–Trinajstić information content (AvgIpc) is 3.51. The molecule has 0 atom stereocenters. The Labute approximate surface area is 332 Å². The minimum absolute atomic E-state index is 0.208. The van der Waals surface area contributed by atoms with Crippen LogP contribution in [-0.4, -0.2) is 15.0 Å². The van der Waals surface area contributed by atoms with Crippen LogP contribution < -0.4 is 0 Å². The Morgan fingerprint density at radius 3 is 1.75 bits per heavy atom. The summed E-state index contributed by atoms with van der Waals surface area (Å²) in [5.74, 6) is 0.713. The van der Waals surface area contributed by atoms with Gasteiger partial charge in [0.2, 0.25) is 0 Å². The maximum atomic E-state index is 5.48. The molecule has 8 aromatic carbocycles. The molecule has 1 aliphatic rings. The molecule has 0 saturated carbocycles. The summed E-state index contributed by atoms with van der Waals surface area (Å²) in [6.45, 7) is 4.70. The van der Waals surface area contributed by atoms with Crippen molar-refractivity contribution in [3.05, 3.63) is 199 Å². The van der Waals surface area contributed by atoms with Crippen molar-refractivity contribution >= 4 is 32.4 Å². The topological polar surface area (TPSA) is 38.7 Å². The van der Waals surface area contributed by atoms with Gasteiger partial charge in [-0.1, -0.05) is 196 Å². The minimum Gasteiger partial charge on any atom is -0.247 e. The lowest BCUT2D eigenvalue weighted by atomic mass is 9.78. The fourth-order valence-electron chi connectivity index (χ4n) is 9.12. The van der Waals surface area contributed by atoms with Crippen molar-refractivity contribution < 1.29 is 0 Å². The Balaban J connectivity index is 1.07. The van der Waals surface area contributed by atoms with Crippen LogP contribution in [0.3, 0.4) is 0 Å².